The van der Waals surface area contributed by atoms with Crippen LogP contribution in [0.2, 0.25) is 5.02 Å². The zero-order valence-electron chi connectivity index (χ0n) is 19.3. The van der Waals surface area contributed by atoms with E-state index in [1.165, 1.54) is 5.56 Å². The van der Waals surface area contributed by atoms with Crippen LogP contribution in [0.15, 0.2) is 48.5 Å². The Hall–Kier alpha value is -2.24. The molecule has 0 spiro atoms. The van der Waals surface area contributed by atoms with E-state index in [1.807, 2.05) is 73.2 Å². The number of likely N-dealkylation sites (N-methyl/N-ethyl adjacent to an activating group) is 1. The molecule has 2 aliphatic rings. The Bertz CT molecular complexity index is 913. The Balaban J connectivity index is 1.30. The Morgan fingerprint density at radius 2 is 1.81 bits per heavy atom. The van der Waals surface area contributed by atoms with Crippen LogP contribution in [-0.4, -0.2) is 61.2 Å². The van der Waals surface area contributed by atoms with Crippen LogP contribution in [0.25, 0.3) is 0 Å². The molecule has 0 aliphatic carbocycles. The predicted molar refractivity (Wildman–Crippen MR) is 131 cm³/mol. The van der Waals surface area contributed by atoms with Gasteiger partial charge in [-0.1, -0.05) is 29.8 Å². The molecule has 2 fully saturated rings. The molecule has 0 radical (unpaired) electrons. The molecule has 32 heavy (non-hydrogen) atoms. The van der Waals surface area contributed by atoms with Gasteiger partial charge in [-0.05, 0) is 88.0 Å². The molecule has 4 rings (SSSR count). The molecule has 2 aromatic rings. The monoisotopic (exact) mass is 455 g/mol. The summed E-state index contributed by atoms with van der Waals surface area (Å²) in [6.07, 6.45) is 3.45. The third kappa shape index (κ3) is 5.38. The highest BCUT2D eigenvalue weighted by atomic mass is 35.5. The molecular formula is C26H34ClN3O2. The molecule has 5 nitrogen and oxygen atoms in total. The number of anilines is 1. The van der Waals surface area contributed by atoms with Crippen LogP contribution in [0.1, 0.15) is 32.3 Å². The van der Waals surface area contributed by atoms with Gasteiger partial charge in [0, 0.05) is 30.8 Å². The molecule has 2 aliphatic heterocycles. The largest absolute Gasteiger partial charge is 0.491 e. The van der Waals surface area contributed by atoms with E-state index in [1.54, 1.807) is 0 Å². The number of urea groups is 1. The third-order valence-corrected chi connectivity index (χ3v) is 6.98. The maximum atomic E-state index is 12.7. The van der Waals surface area contributed by atoms with Crippen molar-refractivity contribution >= 4 is 23.3 Å². The van der Waals surface area contributed by atoms with Crippen LogP contribution in [0, 0.1) is 5.92 Å². The molecule has 0 N–H and O–H groups in total. The fraction of sp³-hybridized carbons (Fsp3) is 0.500. The number of carbonyl (C=O) groups is 1. The minimum Gasteiger partial charge on any atom is -0.491 e. The molecule has 2 aromatic carbocycles. The standard InChI is InChI=1S/C26H34ClN3O2/c1-19(2)32-24-9-10-25(27)21(16-24)15-20-11-13-29(14-12-20)17-23-18-30(26(31)28(23)3)22-7-5-4-6-8-22/h4-10,16,19-20,23H,11-15,17-18H2,1-3H3. The number of hydrogen-bond donors (Lipinski definition) is 0. The fourth-order valence-electron chi connectivity index (χ4n) is 4.80. The van der Waals surface area contributed by atoms with Gasteiger partial charge in [-0.3, -0.25) is 4.90 Å². The first kappa shape index (κ1) is 22.9. The zero-order chi connectivity index (χ0) is 22.7. The number of carbonyl (C=O) groups excluding carboxylic acids is 1. The van der Waals surface area contributed by atoms with E-state index < -0.39 is 0 Å². The van der Waals surface area contributed by atoms with E-state index in [4.69, 9.17) is 16.3 Å². The van der Waals surface area contributed by atoms with Crippen molar-refractivity contribution in [3.8, 4) is 5.75 Å². The van der Waals surface area contributed by atoms with E-state index in [-0.39, 0.29) is 18.2 Å². The van der Waals surface area contributed by atoms with Gasteiger partial charge in [0.05, 0.1) is 12.1 Å². The van der Waals surface area contributed by atoms with E-state index in [0.717, 1.165) is 61.9 Å². The van der Waals surface area contributed by atoms with Crippen LogP contribution in [0.3, 0.4) is 0 Å². The molecule has 1 atom stereocenters. The quantitative estimate of drug-likeness (QED) is 0.566. The van der Waals surface area contributed by atoms with Crippen molar-refractivity contribution in [1.82, 2.24) is 9.80 Å². The highest BCUT2D eigenvalue weighted by Gasteiger charge is 2.36. The van der Waals surface area contributed by atoms with Crippen molar-refractivity contribution in [2.24, 2.45) is 5.92 Å². The van der Waals surface area contributed by atoms with Crippen molar-refractivity contribution < 1.29 is 9.53 Å². The normalized spacial score (nSPS) is 20.4. The molecule has 0 aromatic heterocycles. The Morgan fingerprint density at radius 1 is 1.09 bits per heavy atom. The molecule has 1 unspecified atom stereocenters. The fourth-order valence-corrected chi connectivity index (χ4v) is 4.99. The summed E-state index contributed by atoms with van der Waals surface area (Å²) in [4.78, 5) is 19.1. The summed E-state index contributed by atoms with van der Waals surface area (Å²) >= 11 is 6.48. The molecular weight excluding hydrogens is 422 g/mol. The lowest BCUT2D eigenvalue weighted by Crippen LogP contribution is -2.44. The van der Waals surface area contributed by atoms with Gasteiger partial charge >= 0.3 is 6.03 Å². The van der Waals surface area contributed by atoms with Gasteiger partial charge in [-0.15, -0.1) is 0 Å². The lowest BCUT2D eigenvalue weighted by Gasteiger charge is -2.34. The summed E-state index contributed by atoms with van der Waals surface area (Å²) in [5.74, 6) is 1.52. The number of nitrogens with zero attached hydrogens (tertiary/aromatic N) is 3. The van der Waals surface area contributed by atoms with Crippen molar-refractivity contribution in [2.75, 3.05) is 38.1 Å². The number of para-hydroxylation sites is 1. The number of piperidine rings is 1. The Kier molecular flexibility index (Phi) is 7.27. The van der Waals surface area contributed by atoms with Gasteiger partial charge in [-0.2, -0.15) is 0 Å². The summed E-state index contributed by atoms with van der Waals surface area (Å²) in [6, 6.07) is 16.3. The molecule has 2 heterocycles. The smallest absolute Gasteiger partial charge is 0.324 e. The maximum Gasteiger partial charge on any atom is 0.324 e. The van der Waals surface area contributed by atoms with Gasteiger partial charge in [0.2, 0.25) is 0 Å². The van der Waals surface area contributed by atoms with Crippen molar-refractivity contribution in [2.45, 2.75) is 45.3 Å². The first-order valence-electron chi connectivity index (χ1n) is 11.7. The van der Waals surface area contributed by atoms with Gasteiger partial charge in [-0.25, -0.2) is 4.79 Å². The minimum absolute atomic E-state index is 0.0919. The number of rotatable bonds is 7. The van der Waals surface area contributed by atoms with Crippen LogP contribution < -0.4 is 9.64 Å². The summed E-state index contributed by atoms with van der Waals surface area (Å²) in [5.41, 5.74) is 2.16. The maximum absolute atomic E-state index is 12.7. The SMILES string of the molecule is CC(C)Oc1ccc(Cl)c(CC2CCN(CC3CN(c4ccccc4)C(=O)N3C)CC2)c1. The van der Waals surface area contributed by atoms with Crippen molar-refractivity contribution in [3.63, 3.8) is 0 Å². The third-order valence-electron chi connectivity index (χ3n) is 6.62. The summed E-state index contributed by atoms with van der Waals surface area (Å²) in [7, 11) is 1.93. The Morgan fingerprint density at radius 3 is 2.50 bits per heavy atom. The molecule has 6 heteroatoms. The van der Waals surface area contributed by atoms with Gasteiger partial charge in [0.25, 0.3) is 0 Å². The highest BCUT2D eigenvalue weighted by molar-refractivity contribution is 6.31. The summed E-state index contributed by atoms with van der Waals surface area (Å²) in [6.45, 7) is 7.88. The lowest BCUT2D eigenvalue weighted by atomic mass is 9.90. The van der Waals surface area contributed by atoms with Crippen LogP contribution in [0.5, 0.6) is 5.75 Å². The second-order valence-electron chi connectivity index (χ2n) is 9.36. The molecule has 0 bridgehead atoms. The predicted octanol–water partition coefficient (Wildman–Crippen LogP) is 5.32. The average molecular weight is 456 g/mol. The Labute approximate surface area is 196 Å². The zero-order valence-corrected chi connectivity index (χ0v) is 20.1. The van der Waals surface area contributed by atoms with Crippen molar-refractivity contribution in [3.05, 3.63) is 59.1 Å². The van der Waals surface area contributed by atoms with Crippen molar-refractivity contribution in [1.29, 1.82) is 0 Å². The van der Waals surface area contributed by atoms with E-state index in [0.29, 0.717) is 5.92 Å². The first-order valence-corrected chi connectivity index (χ1v) is 12.1. The van der Waals surface area contributed by atoms with E-state index >= 15 is 0 Å². The number of benzene rings is 2. The van der Waals surface area contributed by atoms with Crippen LogP contribution in [0.4, 0.5) is 10.5 Å². The molecule has 0 saturated carbocycles. The van der Waals surface area contributed by atoms with Gasteiger partial charge in [0.15, 0.2) is 0 Å². The second kappa shape index (κ2) is 10.1. The minimum atomic E-state index is 0.0919. The number of hydrogen-bond acceptors (Lipinski definition) is 3. The molecule has 2 saturated heterocycles. The highest BCUT2D eigenvalue weighted by Crippen LogP contribution is 2.30. The first-order chi connectivity index (χ1) is 15.4. The number of amides is 2. The topological polar surface area (TPSA) is 36.0 Å². The van der Waals surface area contributed by atoms with Gasteiger partial charge in [0.1, 0.15) is 5.75 Å². The molecule has 2 amide bonds. The van der Waals surface area contributed by atoms with Gasteiger partial charge < -0.3 is 14.5 Å². The summed E-state index contributed by atoms with van der Waals surface area (Å²) < 4.78 is 5.85. The summed E-state index contributed by atoms with van der Waals surface area (Å²) in [5, 5.41) is 0.829. The number of ether oxygens (including phenoxy) is 1. The molecule has 172 valence electrons. The number of likely N-dealkylation sites (tertiary alicyclic amines) is 1. The second-order valence-corrected chi connectivity index (χ2v) is 9.77. The van der Waals surface area contributed by atoms with Crippen LogP contribution >= 0.6 is 11.6 Å². The average Bonchev–Trinajstić information content (AvgIpc) is 3.06. The number of halogens is 1. The lowest BCUT2D eigenvalue weighted by molar-refractivity contribution is 0.149. The van der Waals surface area contributed by atoms with E-state index in [2.05, 4.69) is 11.0 Å². The van der Waals surface area contributed by atoms with E-state index in [9.17, 15) is 4.79 Å². The van der Waals surface area contributed by atoms with Crippen LogP contribution in [-0.2, 0) is 6.42 Å².